The predicted octanol–water partition coefficient (Wildman–Crippen LogP) is 0.591. The lowest BCUT2D eigenvalue weighted by Crippen LogP contribution is -2.47. The fraction of sp³-hybridized carbons (Fsp3) is 0.727. The highest BCUT2D eigenvalue weighted by molar-refractivity contribution is 5.94. The molecule has 2 atom stereocenters. The number of hydrogen-bond donors (Lipinski definition) is 0. The van der Waals surface area contributed by atoms with Crippen molar-refractivity contribution in [1.82, 2.24) is 9.80 Å². The van der Waals surface area contributed by atoms with Crippen LogP contribution in [0.15, 0.2) is 17.1 Å². The number of aliphatic imine (C=N–C) groups is 1. The lowest BCUT2D eigenvalue weighted by molar-refractivity contribution is 0.215. The Morgan fingerprint density at radius 3 is 2.79 bits per heavy atom. The molecule has 76 valence electrons. The molecule has 1 aliphatic carbocycles. The lowest BCUT2D eigenvalue weighted by atomic mass is 10.2. The van der Waals surface area contributed by atoms with Crippen LogP contribution in [0.25, 0.3) is 0 Å². The van der Waals surface area contributed by atoms with Crippen molar-refractivity contribution in [3.05, 3.63) is 12.2 Å². The highest BCUT2D eigenvalue weighted by Crippen LogP contribution is 2.37. The Kier molecular flexibility index (Phi) is 1.87. The molecule has 14 heavy (non-hydrogen) atoms. The summed E-state index contributed by atoms with van der Waals surface area (Å²) in [5.41, 5.74) is 0. The van der Waals surface area contributed by atoms with Gasteiger partial charge in [0.1, 0.15) is 5.84 Å². The molecule has 2 fully saturated rings. The van der Waals surface area contributed by atoms with Gasteiger partial charge >= 0.3 is 0 Å². The van der Waals surface area contributed by atoms with Crippen LogP contribution in [0.4, 0.5) is 0 Å². The molecule has 2 aliphatic heterocycles. The van der Waals surface area contributed by atoms with E-state index >= 15 is 0 Å². The number of likely N-dealkylation sites (N-methyl/N-ethyl adjacent to an activating group) is 1. The maximum absolute atomic E-state index is 4.74. The summed E-state index contributed by atoms with van der Waals surface area (Å²) >= 11 is 0. The van der Waals surface area contributed by atoms with Gasteiger partial charge in [-0.15, -0.1) is 0 Å². The van der Waals surface area contributed by atoms with Gasteiger partial charge in [0.25, 0.3) is 0 Å². The number of piperazine rings is 1. The third kappa shape index (κ3) is 1.46. The van der Waals surface area contributed by atoms with Crippen molar-refractivity contribution >= 4 is 5.84 Å². The van der Waals surface area contributed by atoms with Crippen LogP contribution in [0.1, 0.15) is 6.42 Å². The molecule has 0 bridgehead atoms. The van der Waals surface area contributed by atoms with E-state index in [9.17, 15) is 0 Å². The monoisotopic (exact) mass is 191 g/mol. The minimum atomic E-state index is 0.634. The Labute approximate surface area is 85.1 Å². The van der Waals surface area contributed by atoms with Crippen LogP contribution in [0.2, 0.25) is 0 Å². The van der Waals surface area contributed by atoms with E-state index in [2.05, 4.69) is 29.0 Å². The summed E-state index contributed by atoms with van der Waals surface area (Å²) in [5, 5.41) is 0. The topological polar surface area (TPSA) is 18.8 Å². The van der Waals surface area contributed by atoms with Gasteiger partial charge in [0.2, 0.25) is 0 Å². The number of rotatable bonds is 0. The van der Waals surface area contributed by atoms with E-state index < -0.39 is 0 Å². The number of amidine groups is 1. The quantitative estimate of drug-likeness (QED) is 0.558. The van der Waals surface area contributed by atoms with Gasteiger partial charge in [0.15, 0.2) is 0 Å². The third-order valence-electron chi connectivity index (χ3n) is 3.42. The molecule has 2 heterocycles. The Bertz CT molecular complexity index is 287. The van der Waals surface area contributed by atoms with Crippen molar-refractivity contribution in [2.45, 2.75) is 12.5 Å². The van der Waals surface area contributed by atoms with Crippen molar-refractivity contribution in [1.29, 1.82) is 0 Å². The second-order valence-electron chi connectivity index (χ2n) is 4.60. The zero-order valence-corrected chi connectivity index (χ0v) is 8.69. The van der Waals surface area contributed by atoms with E-state index in [1.807, 2.05) is 0 Å². The van der Waals surface area contributed by atoms with Crippen LogP contribution in [0.5, 0.6) is 0 Å². The smallest absolute Gasteiger partial charge is 0.123 e. The summed E-state index contributed by atoms with van der Waals surface area (Å²) in [6, 6.07) is 0.634. The summed E-state index contributed by atoms with van der Waals surface area (Å²) < 4.78 is 0. The standard InChI is InChI=1S/C11H17N3/c1-13-4-6-14(7-5-13)11-3-2-9-8-10(9)12-11/h2-3,9-10H,4-8H2,1H3. The number of hydrogen-bond acceptors (Lipinski definition) is 3. The molecule has 0 amide bonds. The van der Waals surface area contributed by atoms with Crippen molar-refractivity contribution in [3.63, 3.8) is 0 Å². The first-order valence-corrected chi connectivity index (χ1v) is 5.52. The van der Waals surface area contributed by atoms with Crippen molar-refractivity contribution in [3.8, 4) is 0 Å². The Hall–Kier alpha value is -0.830. The summed E-state index contributed by atoms with van der Waals surface area (Å²) in [4.78, 5) is 9.54. The van der Waals surface area contributed by atoms with E-state index in [1.165, 1.54) is 25.3 Å². The van der Waals surface area contributed by atoms with Crippen LogP contribution in [0.3, 0.4) is 0 Å². The Balaban J connectivity index is 1.68. The molecule has 0 aromatic carbocycles. The maximum Gasteiger partial charge on any atom is 0.123 e. The molecule has 0 aromatic rings. The SMILES string of the molecule is CN1CCN(C2=NC3CC3C=C2)CC1. The van der Waals surface area contributed by atoms with Gasteiger partial charge in [0.05, 0.1) is 6.04 Å². The molecule has 2 unspecified atom stereocenters. The molecule has 0 aromatic heterocycles. The Morgan fingerprint density at radius 2 is 2.07 bits per heavy atom. The zero-order valence-electron chi connectivity index (χ0n) is 8.69. The minimum absolute atomic E-state index is 0.634. The number of fused-ring (bicyclic) bond motifs is 1. The van der Waals surface area contributed by atoms with E-state index in [-0.39, 0.29) is 0 Å². The lowest BCUT2D eigenvalue weighted by Gasteiger charge is -2.34. The van der Waals surface area contributed by atoms with Gasteiger partial charge < -0.3 is 9.80 Å². The van der Waals surface area contributed by atoms with Gasteiger partial charge in [-0.2, -0.15) is 0 Å². The number of dihydropyridines is 1. The van der Waals surface area contributed by atoms with Gasteiger partial charge in [-0.3, -0.25) is 4.99 Å². The van der Waals surface area contributed by atoms with Gasteiger partial charge in [-0.05, 0) is 19.5 Å². The molecule has 0 radical (unpaired) electrons. The molecule has 1 saturated heterocycles. The average molecular weight is 191 g/mol. The average Bonchev–Trinajstić information content (AvgIpc) is 2.96. The molecular weight excluding hydrogens is 174 g/mol. The first-order valence-electron chi connectivity index (χ1n) is 5.52. The Morgan fingerprint density at radius 1 is 1.29 bits per heavy atom. The fourth-order valence-electron chi connectivity index (χ4n) is 2.20. The minimum Gasteiger partial charge on any atom is -0.354 e. The normalized spacial score (nSPS) is 36.6. The van der Waals surface area contributed by atoms with Crippen LogP contribution in [0, 0.1) is 5.92 Å². The largest absolute Gasteiger partial charge is 0.354 e. The van der Waals surface area contributed by atoms with Gasteiger partial charge in [-0.1, -0.05) is 6.08 Å². The van der Waals surface area contributed by atoms with Crippen molar-refractivity contribution in [2.24, 2.45) is 10.9 Å². The molecule has 3 nitrogen and oxygen atoms in total. The van der Waals surface area contributed by atoms with Gasteiger partial charge in [0, 0.05) is 32.1 Å². The summed E-state index contributed by atoms with van der Waals surface area (Å²) in [7, 11) is 2.19. The molecule has 3 aliphatic rings. The van der Waals surface area contributed by atoms with Crippen LogP contribution >= 0.6 is 0 Å². The van der Waals surface area contributed by atoms with E-state index in [4.69, 9.17) is 4.99 Å². The summed E-state index contributed by atoms with van der Waals surface area (Å²) in [5.74, 6) is 2.02. The van der Waals surface area contributed by atoms with Crippen LogP contribution < -0.4 is 0 Å². The van der Waals surface area contributed by atoms with Gasteiger partial charge in [-0.25, -0.2) is 0 Å². The molecular formula is C11H17N3. The first kappa shape index (κ1) is 8.48. The molecule has 1 saturated carbocycles. The van der Waals surface area contributed by atoms with Crippen molar-refractivity contribution in [2.75, 3.05) is 33.2 Å². The predicted molar refractivity (Wildman–Crippen MR) is 57.5 cm³/mol. The van der Waals surface area contributed by atoms with Crippen molar-refractivity contribution < 1.29 is 0 Å². The van der Waals surface area contributed by atoms with Crippen LogP contribution in [-0.4, -0.2) is 54.9 Å². The summed E-state index contributed by atoms with van der Waals surface area (Å²) in [6.07, 6.45) is 5.85. The fourth-order valence-corrected chi connectivity index (χ4v) is 2.20. The second-order valence-corrected chi connectivity index (χ2v) is 4.60. The molecule has 3 rings (SSSR count). The second kappa shape index (κ2) is 3.09. The maximum atomic E-state index is 4.74. The molecule has 0 N–H and O–H groups in total. The van der Waals surface area contributed by atoms with E-state index in [0.717, 1.165) is 19.0 Å². The van der Waals surface area contributed by atoms with E-state index in [0.29, 0.717) is 6.04 Å². The number of nitrogens with zero attached hydrogens (tertiary/aromatic N) is 3. The van der Waals surface area contributed by atoms with E-state index in [1.54, 1.807) is 0 Å². The highest BCUT2D eigenvalue weighted by atomic mass is 15.3. The molecule has 3 heteroatoms. The zero-order chi connectivity index (χ0) is 9.54. The molecule has 0 spiro atoms. The summed E-state index contributed by atoms with van der Waals surface area (Å²) in [6.45, 7) is 4.61. The van der Waals surface area contributed by atoms with Crippen LogP contribution in [-0.2, 0) is 0 Å². The highest BCUT2D eigenvalue weighted by Gasteiger charge is 2.37. The third-order valence-corrected chi connectivity index (χ3v) is 3.42. The first-order chi connectivity index (χ1) is 6.83.